The van der Waals surface area contributed by atoms with Gasteiger partial charge in [0.15, 0.2) is 0 Å². The quantitative estimate of drug-likeness (QED) is 0.849. The third-order valence-corrected chi connectivity index (χ3v) is 3.70. The number of hydrogen-bond donors (Lipinski definition) is 1. The molecule has 1 amide bonds. The molecule has 1 N–H and O–H groups in total. The molecule has 1 aliphatic carbocycles. The van der Waals surface area contributed by atoms with Crippen molar-refractivity contribution in [2.24, 2.45) is 0 Å². The summed E-state index contributed by atoms with van der Waals surface area (Å²) in [6.07, 6.45) is 2.36. The monoisotopic (exact) mass is 231 g/mol. The molecule has 0 spiro atoms. The first-order chi connectivity index (χ1) is 8.16. The van der Waals surface area contributed by atoms with Crippen molar-refractivity contribution in [1.29, 1.82) is 0 Å². The van der Waals surface area contributed by atoms with E-state index in [1.165, 1.54) is 0 Å². The van der Waals surface area contributed by atoms with Crippen LogP contribution in [-0.2, 0) is 0 Å². The van der Waals surface area contributed by atoms with Crippen LogP contribution in [0, 0.1) is 0 Å². The molecule has 1 aliphatic heterocycles. The minimum absolute atomic E-state index is 0.00523. The Morgan fingerprint density at radius 3 is 2.82 bits per heavy atom. The first kappa shape index (κ1) is 10.6. The van der Waals surface area contributed by atoms with Gasteiger partial charge in [0.05, 0.1) is 5.56 Å². The van der Waals surface area contributed by atoms with Crippen LogP contribution in [0.15, 0.2) is 18.2 Å². The van der Waals surface area contributed by atoms with E-state index in [0.29, 0.717) is 17.5 Å². The molecule has 2 unspecified atom stereocenters. The molecule has 1 aromatic rings. The number of para-hydroxylation sites is 1. The number of ether oxygens (including phenoxy) is 1. The molecule has 3 rings (SSSR count). The molecule has 1 fully saturated rings. The van der Waals surface area contributed by atoms with Crippen LogP contribution in [-0.4, -0.2) is 18.1 Å². The van der Waals surface area contributed by atoms with Gasteiger partial charge in [0.1, 0.15) is 11.9 Å². The number of rotatable bonds is 2. The lowest BCUT2D eigenvalue weighted by Crippen LogP contribution is -2.25. The predicted molar refractivity (Wildman–Crippen MR) is 65.4 cm³/mol. The van der Waals surface area contributed by atoms with E-state index in [0.717, 1.165) is 24.2 Å². The largest absolute Gasteiger partial charge is 0.489 e. The SMILES string of the molecule is CC1Oc2c(C(=O)NC3CC3)cccc2C1C. The van der Waals surface area contributed by atoms with E-state index in [1.54, 1.807) is 0 Å². The predicted octanol–water partition coefficient (Wildman–Crippen LogP) is 2.46. The molecule has 3 heteroatoms. The van der Waals surface area contributed by atoms with E-state index in [4.69, 9.17) is 4.74 Å². The van der Waals surface area contributed by atoms with Crippen LogP contribution >= 0.6 is 0 Å². The minimum Gasteiger partial charge on any atom is -0.489 e. The molecular formula is C14H17NO2. The summed E-state index contributed by atoms with van der Waals surface area (Å²) in [7, 11) is 0. The number of fused-ring (bicyclic) bond motifs is 1. The zero-order chi connectivity index (χ0) is 12.0. The van der Waals surface area contributed by atoms with E-state index in [1.807, 2.05) is 19.1 Å². The first-order valence-electron chi connectivity index (χ1n) is 6.27. The van der Waals surface area contributed by atoms with Gasteiger partial charge >= 0.3 is 0 Å². The lowest BCUT2D eigenvalue weighted by atomic mass is 9.97. The summed E-state index contributed by atoms with van der Waals surface area (Å²) in [5.41, 5.74) is 1.84. The molecular weight excluding hydrogens is 214 g/mol. The highest BCUT2D eigenvalue weighted by Gasteiger charge is 2.32. The topological polar surface area (TPSA) is 38.3 Å². The maximum atomic E-state index is 12.1. The first-order valence-corrected chi connectivity index (χ1v) is 6.27. The van der Waals surface area contributed by atoms with Crippen molar-refractivity contribution in [2.45, 2.75) is 44.8 Å². The van der Waals surface area contributed by atoms with E-state index in [9.17, 15) is 4.79 Å². The van der Waals surface area contributed by atoms with E-state index in [2.05, 4.69) is 18.3 Å². The van der Waals surface area contributed by atoms with Crippen molar-refractivity contribution in [3.8, 4) is 5.75 Å². The second kappa shape index (κ2) is 3.76. The third kappa shape index (κ3) is 1.79. The molecule has 1 aromatic carbocycles. The second-order valence-corrected chi connectivity index (χ2v) is 5.08. The average Bonchev–Trinajstić information content (AvgIpc) is 3.07. The highest BCUT2D eigenvalue weighted by molar-refractivity contribution is 5.98. The van der Waals surface area contributed by atoms with Crippen LogP contribution < -0.4 is 10.1 Å². The van der Waals surface area contributed by atoms with E-state index >= 15 is 0 Å². The number of carbonyl (C=O) groups is 1. The fourth-order valence-electron chi connectivity index (χ4n) is 2.26. The Morgan fingerprint density at radius 2 is 2.12 bits per heavy atom. The molecule has 0 saturated heterocycles. The lowest BCUT2D eigenvalue weighted by molar-refractivity contribution is 0.0946. The van der Waals surface area contributed by atoms with Gasteiger partial charge < -0.3 is 10.1 Å². The molecule has 2 atom stereocenters. The molecule has 0 bridgehead atoms. The number of hydrogen-bond acceptors (Lipinski definition) is 2. The fraction of sp³-hybridized carbons (Fsp3) is 0.500. The van der Waals surface area contributed by atoms with E-state index in [-0.39, 0.29) is 12.0 Å². The average molecular weight is 231 g/mol. The molecule has 1 saturated carbocycles. The summed E-state index contributed by atoms with van der Waals surface area (Å²) < 4.78 is 5.81. The number of benzene rings is 1. The zero-order valence-electron chi connectivity index (χ0n) is 10.2. The summed E-state index contributed by atoms with van der Waals surface area (Å²) in [5, 5.41) is 3.01. The van der Waals surface area contributed by atoms with Gasteiger partial charge in [-0.05, 0) is 25.8 Å². The molecule has 17 heavy (non-hydrogen) atoms. The standard InChI is InChI=1S/C14H17NO2/c1-8-9(2)17-13-11(8)4-3-5-12(13)14(16)15-10-6-7-10/h3-5,8-10H,6-7H2,1-2H3,(H,15,16). The van der Waals surface area contributed by atoms with Crippen molar-refractivity contribution in [3.63, 3.8) is 0 Å². The van der Waals surface area contributed by atoms with Crippen LogP contribution in [0.1, 0.15) is 48.5 Å². The summed E-state index contributed by atoms with van der Waals surface area (Å²) >= 11 is 0. The van der Waals surface area contributed by atoms with Crippen molar-refractivity contribution >= 4 is 5.91 Å². The number of amides is 1. The van der Waals surface area contributed by atoms with Crippen molar-refractivity contribution in [3.05, 3.63) is 29.3 Å². The normalized spacial score (nSPS) is 26.2. The zero-order valence-corrected chi connectivity index (χ0v) is 10.2. The molecule has 0 radical (unpaired) electrons. The van der Waals surface area contributed by atoms with Crippen LogP contribution in [0.5, 0.6) is 5.75 Å². The maximum absolute atomic E-state index is 12.1. The lowest BCUT2D eigenvalue weighted by Gasteiger charge is -2.09. The van der Waals surface area contributed by atoms with Crippen LogP contribution in [0.4, 0.5) is 0 Å². The molecule has 2 aliphatic rings. The van der Waals surface area contributed by atoms with Gasteiger partial charge in [-0.1, -0.05) is 19.1 Å². The number of nitrogens with one attached hydrogen (secondary N) is 1. The summed E-state index contributed by atoms with van der Waals surface area (Å²) in [6.45, 7) is 4.19. The summed E-state index contributed by atoms with van der Waals surface area (Å²) in [5.74, 6) is 1.15. The van der Waals surface area contributed by atoms with Gasteiger partial charge in [0, 0.05) is 17.5 Å². The van der Waals surface area contributed by atoms with Gasteiger partial charge in [-0.15, -0.1) is 0 Å². The smallest absolute Gasteiger partial charge is 0.255 e. The Labute approximate surface area is 101 Å². The van der Waals surface area contributed by atoms with Crippen LogP contribution in [0.2, 0.25) is 0 Å². The highest BCUT2D eigenvalue weighted by Crippen LogP contribution is 2.40. The Balaban J connectivity index is 1.93. The Morgan fingerprint density at radius 1 is 1.35 bits per heavy atom. The maximum Gasteiger partial charge on any atom is 0.255 e. The highest BCUT2D eigenvalue weighted by atomic mass is 16.5. The fourth-order valence-corrected chi connectivity index (χ4v) is 2.26. The van der Waals surface area contributed by atoms with Crippen molar-refractivity contribution in [1.82, 2.24) is 5.32 Å². The Bertz CT molecular complexity index is 465. The Hall–Kier alpha value is -1.51. The van der Waals surface area contributed by atoms with Gasteiger partial charge in [-0.25, -0.2) is 0 Å². The minimum atomic E-state index is 0.00523. The van der Waals surface area contributed by atoms with Crippen molar-refractivity contribution < 1.29 is 9.53 Å². The van der Waals surface area contributed by atoms with Gasteiger partial charge in [0.2, 0.25) is 0 Å². The van der Waals surface area contributed by atoms with Gasteiger partial charge in [-0.2, -0.15) is 0 Å². The summed E-state index contributed by atoms with van der Waals surface area (Å²) in [6, 6.07) is 6.23. The number of carbonyl (C=O) groups excluding carboxylic acids is 1. The van der Waals surface area contributed by atoms with Crippen molar-refractivity contribution in [2.75, 3.05) is 0 Å². The second-order valence-electron chi connectivity index (χ2n) is 5.08. The molecule has 90 valence electrons. The van der Waals surface area contributed by atoms with Crippen LogP contribution in [0.3, 0.4) is 0 Å². The molecule has 0 aromatic heterocycles. The van der Waals surface area contributed by atoms with Gasteiger partial charge in [0.25, 0.3) is 5.91 Å². The Kier molecular flexibility index (Phi) is 2.35. The molecule has 3 nitrogen and oxygen atoms in total. The summed E-state index contributed by atoms with van der Waals surface area (Å²) in [4.78, 5) is 12.1. The molecule has 1 heterocycles. The van der Waals surface area contributed by atoms with E-state index < -0.39 is 0 Å². The van der Waals surface area contributed by atoms with Crippen LogP contribution in [0.25, 0.3) is 0 Å². The van der Waals surface area contributed by atoms with Gasteiger partial charge in [-0.3, -0.25) is 4.79 Å². The third-order valence-electron chi connectivity index (χ3n) is 3.70.